The Labute approximate surface area is 141 Å². The Hall–Kier alpha value is -2.23. The maximum absolute atomic E-state index is 12.8. The second-order valence-electron chi connectivity index (χ2n) is 7.25. The van der Waals surface area contributed by atoms with Crippen LogP contribution in [0.4, 0.5) is 0 Å². The van der Waals surface area contributed by atoms with E-state index in [1.54, 1.807) is 0 Å². The Balaban J connectivity index is 1.66. The Morgan fingerprint density at radius 2 is 2.00 bits per heavy atom. The van der Waals surface area contributed by atoms with Crippen molar-refractivity contribution in [1.29, 1.82) is 0 Å². The molecule has 1 amide bonds. The number of para-hydroxylation sites is 1. The number of aromatic nitrogens is 1. The summed E-state index contributed by atoms with van der Waals surface area (Å²) in [6.45, 7) is 4.53. The Bertz CT molecular complexity index is 905. The van der Waals surface area contributed by atoms with Gasteiger partial charge in [0.2, 0.25) is 0 Å². The number of amides is 1. The minimum absolute atomic E-state index is 0.000990. The van der Waals surface area contributed by atoms with E-state index in [-0.39, 0.29) is 11.9 Å². The highest BCUT2D eigenvalue weighted by Gasteiger charge is 2.29. The smallest absolute Gasteiger partial charge is 0.268 e. The lowest BCUT2D eigenvalue weighted by Gasteiger charge is -2.34. The SMILES string of the molecule is C[C@@H]1[C@H](C)CCC[C@@H]1NC(=O)c1cc2oc3ccccc3c2n1C. The Kier molecular flexibility index (Phi) is 3.63. The lowest BCUT2D eigenvalue weighted by Crippen LogP contribution is -2.44. The molecule has 3 atom stereocenters. The molecule has 0 unspecified atom stereocenters. The molecule has 3 aromatic rings. The zero-order chi connectivity index (χ0) is 16.8. The molecule has 1 aliphatic carbocycles. The molecule has 1 aromatic carbocycles. The molecule has 0 spiro atoms. The molecular formula is C20H24N2O2. The van der Waals surface area contributed by atoms with Crippen molar-refractivity contribution >= 4 is 28.0 Å². The predicted octanol–water partition coefficient (Wildman–Crippen LogP) is 4.48. The fourth-order valence-corrected chi connectivity index (χ4v) is 4.08. The first-order valence-corrected chi connectivity index (χ1v) is 8.84. The van der Waals surface area contributed by atoms with Gasteiger partial charge in [-0.3, -0.25) is 4.79 Å². The van der Waals surface area contributed by atoms with E-state index in [2.05, 4.69) is 19.2 Å². The maximum atomic E-state index is 12.8. The van der Waals surface area contributed by atoms with Crippen molar-refractivity contribution in [2.45, 2.75) is 39.2 Å². The van der Waals surface area contributed by atoms with Gasteiger partial charge >= 0.3 is 0 Å². The number of aryl methyl sites for hydroxylation is 1. The van der Waals surface area contributed by atoms with E-state index in [1.165, 1.54) is 12.8 Å². The average molecular weight is 324 g/mol. The highest BCUT2D eigenvalue weighted by atomic mass is 16.3. The van der Waals surface area contributed by atoms with Crippen LogP contribution in [0.5, 0.6) is 0 Å². The van der Waals surface area contributed by atoms with Crippen molar-refractivity contribution in [1.82, 2.24) is 9.88 Å². The summed E-state index contributed by atoms with van der Waals surface area (Å²) in [5.74, 6) is 1.18. The van der Waals surface area contributed by atoms with Crippen LogP contribution in [0.2, 0.25) is 0 Å². The van der Waals surface area contributed by atoms with E-state index < -0.39 is 0 Å². The van der Waals surface area contributed by atoms with E-state index in [9.17, 15) is 4.79 Å². The van der Waals surface area contributed by atoms with E-state index in [0.717, 1.165) is 28.5 Å². The van der Waals surface area contributed by atoms with Crippen molar-refractivity contribution < 1.29 is 9.21 Å². The number of rotatable bonds is 2. The summed E-state index contributed by atoms with van der Waals surface area (Å²) in [5, 5.41) is 4.30. The van der Waals surface area contributed by atoms with Crippen LogP contribution in [0, 0.1) is 11.8 Å². The number of fused-ring (bicyclic) bond motifs is 3. The minimum Gasteiger partial charge on any atom is -0.454 e. The van der Waals surface area contributed by atoms with Gasteiger partial charge in [-0.25, -0.2) is 0 Å². The molecule has 1 aliphatic rings. The fourth-order valence-electron chi connectivity index (χ4n) is 4.08. The minimum atomic E-state index is -0.000990. The van der Waals surface area contributed by atoms with Gasteiger partial charge in [-0.05, 0) is 30.4 Å². The van der Waals surface area contributed by atoms with Crippen molar-refractivity contribution in [2.24, 2.45) is 18.9 Å². The van der Waals surface area contributed by atoms with Gasteiger partial charge in [0.15, 0.2) is 5.58 Å². The molecule has 4 nitrogen and oxygen atoms in total. The summed E-state index contributed by atoms with van der Waals surface area (Å²) in [4.78, 5) is 12.8. The molecule has 1 N–H and O–H groups in total. The van der Waals surface area contributed by atoms with Crippen molar-refractivity contribution in [3.63, 3.8) is 0 Å². The van der Waals surface area contributed by atoms with E-state index in [4.69, 9.17) is 4.42 Å². The number of hydrogen-bond acceptors (Lipinski definition) is 2. The lowest BCUT2D eigenvalue weighted by molar-refractivity contribution is 0.0883. The summed E-state index contributed by atoms with van der Waals surface area (Å²) in [5.41, 5.74) is 3.29. The second kappa shape index (κ2) is 5.69. The number of benzene rings is 1. The maximum Gasteiger partial charge on any atom is 0.268 e. The molecule has 2 heterocycles. The van der Waals surface area contributed by atoms with Crippen molar-refractivity contribution in [2.75, 3.05) is 0 Å². The topological polar surface area (TPSA) is 47.2 Å². The first-order valence-electron chi connectivity index (χ1n) is 8.84. The Morgan fingerprint density at radius 3 is 2.83 bits per heavy atom. The molecule has 1 fully saturated rings. The third-order valence-corrected chi connectivity index (χ3v) is 5.82. The van der Waals surface area contributed by atoms with Gasteiger partial charge in [-0.2, -0.15) is 0 Å². The van der Waals surface area contributed by atoms with Crippen LogP contribution in [0.3, 0.4) is 0 Å². The average Bonchev–Trinajstić information content (AvgIpc) is 3.08. The third-order valence-electron chi connectivity index (χ3n) is 5.82. The van der Waals surface area contributed by atoms with Gasteiger partial charge in [0.05, 0.1) is 5.52 Å². The van der Waals surface area contributed by atoms with Crippen molar-refractivity contribution in [3.8, 4) is 0 Å². The summed E-state index contributed by atoms with van der Waals surface area (Å²) in [6, 6.07) is 10.1. The largest absolute Gasteiger partial charge is 0.454 e. The standard InChI is InChI=1S/C20H24N2O2/c1-12-7-6-9-15(13(12)2)21-20(23)16-11-18-19(22(16)3)14-8-4-5-10-17(14)24-18/h4-5,8,10-13,15H,6-7,9H2,1-3H3,(H,21,23)/t12-,13-,15+/m1/s1. The van der Waals surface area contributed by atoms with Gasteiger partial charge in [-0.1, -0.05) is 38.8 Å². The van der Waals surface area contributed by atoms with Gasteiger partial charge in [0.1, 0.15) is 11.3 Å². The highest BCUT2D eigenvalue weighted by molar-refractivity contribution is 6.07. The second-order valence-corrected chi connectivity index (χ2v) is 7.25. The quantitative estimate of drug-likeness (QED) is 0.755. The number of nitrogens with one attached hydrogen (secondary N) is 1. The van der Waals surface area contributed by atoms with Crippen molar-refractivity contribution in [3.05, 3.63) is 36.0 Å². The normalized spacial score (nSPS) is 24.5. The Morgan fingerprint density at radius 1 is 1.21 bits per heavy atom. The molecule has 0 radical (unpaired) electrons. The van der Waals surface area contributed by atoms with Crippen LogP contribution >= 0.6 is 0 Å². The summed E-state index contributed by atoms with van der Waals surface area (Å²) < 4.78 is 7.84. The number of carbonyl (C=O) groups excluding carboxylic acids is 1. The van der Waals surface area contributed by atoms with Gasteiger partial charge < -0.3 is 14.3 Å². The predicted molar refractivity (Wildman–Crippen MR) is 96.1 cm³/mol. The van der Waals surface area contributed by atoms with Crippen LogP contribution < -0.4 is 5.32 Å². The summed E-state index contributed by atoms with van der Waals surface area (Å²) in [6.07, 6.45) is 3.52. The first-order chi connectivity index (χ1) is 11.6. The molecule has 0 aliphatic heterocycles. The number of furan rings is 1. The third kappa shape index (κ3) is 2.32. The van der Waals surface area contributed by atoms with Gasteiger partial charge in [-0.15, -0.1) is 0 Å². The van der Waals surface area contributed by atoms with Crippen LogP contribution in [0.15, 0.2) is 34.7 Å². The molecule has 1 saturated carbocycles. The molecule has 24 heavy (non-hydrogen) atoms. The molecule has 2 aromatic heterocycles. The molecular weight excluding hydrogens is 300 g/mol. The molecule has 0 bridgehead atoms. The van der Waals surface area contributed by atoms with Crippen LogP contribution in [0.25, 0.3) is 22.1 Å². The number of carbonyl (C=O) groups is 1. The zero-order valence-electron chi connectivity index (χ0n) is 14.5. The molecule has 126 valence electrons. The molecule has 0 saturated heterocycles. The lowest BCUT2D eigenvalue weighted by atomic mass is 9.78. The fraction of sp³-hybridized carbons (Fsp3) is 0.450. The summed E-state index contributed by atoms with van der Waals surface area (Å²) >= 11 is 0. The highest BCUT2D eigenvalue weighted by Crippen LogP contribution is 2.32. The van der Waals surface area contributed by atoms with Gasteiger partial charge in [0.25, 0.3) is 5.91 Å². The van der Waals surface area contributed by atoms with Gasteiger partial charge in [0, 0.05) is 24.5 Å². The van der Waals surface area contributed by atoms with Crippen LogP contribution in [-0.2, 0) is 7.05 Å². The van der Waals surface area contributed by atoms with E-state index in [1.807, 2.05) is 41.9 Å². The van der Waals surface area contributed by atoms with Crippen LogP contribution in [-0.4, -0.2) is 16.5 Å². The first kappa shape index (κ1) is 15.3. The number of nitrogens with zero attached hydrogens (tertiary/aromatic N) is 1. The summed E-state index contributed by atoms with van der Waals surface area (Å²) in [7, 11) is 1.94. The van der Waals surface area contributed by atoms with E-state index >= 15 is 0 Å². The monoisotopic (exact) mass is 324 g/mol. The zero-order valence-corrected chi connectivity index (χ0v) is 14.5. The molecule has 4 heteroatoms. The van der Waals surface area contributed by atoms with E-state index in [0.29, 0.717) is 17.5 Å². The van der Waals surface area contributed by atoms with Crippen LogP contribution in [0.1, 0.15) is 43.6 Å². The number of hydrogen-bond donors (Lipinski definition) is 1. The molecule has 4 rings (SSSR count).